The molecule has 0 N–H and O–H groups in total. The van der Waals surface area contributed by atoms with E-state index in [4.69, 9.17) is 0 Å². The van der Waals surface area contributed by atoms with Gasteiger partial charge in [-0.15, -0.1) is 11.3 Å². The second kappa shape index (κ2) is 5.05. The summed E-state index contributed by atoms with van der Waals surface area (Å²) in [5, 5.41) is 12.0. The average molecular weight is 287 g/mol. The Morgan fingerprint density at radius 2 is 2.25 bits per heavy atom. The smallest absolute Gasteiger partial charge is 0.293 e. The Kier molecular flexibility index (Phi) is 3.23. The summed E-state index contributed by atoms with van der Waals surface area (Å²) in [6.45, 7) is 2.71. The van der Waals surface area contributed by atoms with Crippen LogP contribution in [0, 0.1) is 17.0 Å². The molecular weight excluding hydrogens is 274 g/mol. The number of benzene rings is 1. The fourth-order valence-electron chi connectivity index (χ4n) is 2.36. The summed E-state index contributed by atoms with van der Waals surface area (Å²) >= 11 is 1.63. The lowest BCUT2D eigenvalue weighted by Crippen LogP contribution is -2.01. The Morgan fingerprint density at radius 1 is 1.40 bits per heavy atom. The number of aromatic nitrogens is 2. The fourth-order valence-corrected chi connectivity index (χ4v) is 3.13. The summed E-state index contributed by atoms with van der Waals surface area (Å²) < 4.78 is 1.95. The van der Waals surface area contributed by atoms with Crippen molar-refractivity contribution in [2.24, 2.45) is 0 Å². The first-order valence-electron chi connectivity index (χ1n) is 6.28. The van der Waals surface area contributed by atoms with Crippen molar-refractivity contribution in [1.82, 2.24) is 9.55 Å². The molecule has 0 saturated heterocycles. The number of non-ortho nitro benzene ring substituents is 1. The highest BCUT2D eigenvalue weighted by atomic mass is 32.1. The van der Waals surface area contributed by atoms with Gasteiger partial charge in [-0.1, -0.05) is 12.1 Å². The molecule has 5 nitrogen and oxygen atoms in total. The maximum Gasteiger partial charge on any atom is 0.293 e. The highest BCUT2D eigenvalue weighted by molar-refractivity contribution is 7.09. The molecule has 0 fully saturated rings. The summed E-state index contributed by atoms with van der Waals surface area (Å²) in [6, 6.07) is 7.09. The van der Waals surface area contributed by atoms with Crippen molar-refractivity contribution < 1.29 is 4.92 Å². The topological polar surface area (TPSA) is 61.0 Å². The Hall–Kier alpha value is -2.21. The Balaban J connectivity index is 1.96. The van der Waals surface area contributed by atoms with Crippen LogP contribution in [0.15, 0.2) is 36.0 Å². The average Bonchev–Trinajstić information content (AvgIpc) is 3.02. The molecule has 20 heavy (non-hydrogen) atoms. The Morgan fingerprint density at radius 3 is 2.95 bits per heavy atom. The number of thiazole rings is 1. The van der Waals surface area contributed by atoms with E-state index in [1.165, 1.54) is 4.88 Å². The predicted octanol–water partition coefficient (Wildman–Crippen LogP) is 3.56. The first-order valence-corrected chi connectivity index (χ1v) is 7.16. The molecule has 0 aliphatic heterocycles. The summed E-state index contributed by atoms with van der Waals surface area (Å²) in [6.07, 6.45) is 2.75. The van der Waals surface area contributed by atoms with Gasteiger partial charge < -0.3 is 4.57 Å². The van der Waals surface area contributed by atoms with Crippen LogP contribution in [-0.2, 0) is 13.0 Å². The fraction of sp³-hybridized carbons (Fsp3) is 0.214. The highest BCUT2D eigenvalue weighted by Gasteiger charge is 2.15. The molecule has 0 spiro atoms. The molecule has 2 aromatic heterocycles. The number of para-hydroxylation sites is 1. The number of nitro benzene ring substituents is 1. The quantitative estimate of drug-likeness (QED) is 0.544. The van der Waals surface area contributed by atoms with Crippen LogP contribution in [-0.4, -0.2) is 14.5 Å². The van der Waals surface area contributed by atoms with E-state index in [9.17, 15) is 10.1 Å². The molecule has 0 unspecified atom stereocenters. The van der Waals surface area contributed by atoms with Crippen molar-refractivity contribution in [2.75, 3.05) is 0 Å². The molecule has 0 aliphatic rings. The third-order valence-corrected chi connectivity index (χ3v) is 4.38. The van der Waals surface area contributed by atoms with Gasteiger partial charge in [0.05, 0.1) is 16.1 Å². The van der Waals surface area contributed by atoms with Gasteiger partial charge in [-0.3, -0.25) is 10.1 Å². The van der Waals surface area contributed by atoms with Gasteiger partial charge >= 0.3 is 0 Å². The molecule has 6 heteroatoms. The summed E-state index contributed by atoms with van der Waals surface area (Å²) in [7, 11) is 0. The molecule has 0 amide bonds. The molecule has 3 rings (SSSR count). The van der Waals surface area contributed by atoms with Crippen LogP contribution in [0.1, 0.15) is 10.6 Å². The van der Waals surface area contributed by atoms with Crippen LogP contribution in [0.4, 0.5) is 5.69 Å². The second-order valence-electron chi connectivity index (χ2n) is 4.59. The number of nitrogens with zero attached hydrogens (tertiary/aromatic N) is 3. The summed E-state index contributed by atoms with van der Waals surface area (Å²) in [5.41, 5.74) is 3.73. The monoisotopic (exact) mass is 287 g/mol. The van der Waals surface area contributed by atoms with E-state index in [1.54, 1.807) is 23.5 Å². The number of nitro groups is 1. The van der Waals surface area contributed by atoms with Crippen molar-refractivity contribution in [2.45, 2.75) is 19.9 Å². The largest absolute Gasteiger partial charge is 0.342 e. The lowest BCUT2D eigenvalue weighted by Gasteiger charge is -2.05. The maximum atomic E-state index is 11.1. The maximum absolute atomic E-state index is 11.1. The Bertz CT molecular complexity index is 776. The minimum absolute atomic E-state index is 0.161. The molecule has 2 heterocycles. The molecule has 0 atom stereocenters. The van der Waals surface area contributed by atoms with E-state index in [0.717, 1.165) is 24.0 Å². The van der Waals surface area contributed by atoms with Crippen LogP contribution in [0.3, 0.4) is 0 Å². The van der Waals surface area contributed by atoms with Crippen molar-refractivity contribution in [1.29, 1.82) is 0 Å². The molecule has 0 saturated carbocycles. The van der Waals surface area contributed by atoms with Gasteiger partial charge in [-0.2, -0.15) is 0 Å². The van der Waals surface area contributed by atoms with Crippen LogP contribution in [0.5, 0.6) is 0 Å². The standard InChI is InChI=1S/C14H13N3O2S/c1-10-13(20-9-15-10)6-8-16-7-5-11-3-2-4-12(14(11)16)17(18)19/h2-5,7,9H,6,8H2,1H3. The van der Waals surface area contributed by atoms with Gasteiger partial charge in [0, 0.05) is 35.5 Å². The number of hydrogen-bond acceptors (Lipinski definition) is 4. The number of aryl methyl sites for hydroxylation is 3. The minimum atomic E-state index is -0.323. The van der Waals surface area contributed by atoms with Crippen molar-refractivity contribution in [3.8, 4) is 0 Å². The third kappa shape index (κ3) is 2.18. The van der Waals surface area contributed by atoms with E-state index >= 15 is 0 Å². The van der Waals surface area contributed by atoms with Gasteiger partial charge in [0.2, 0.25) is 0 Å². The molecular formula is C14H13N3O2S. The van der Waals surface area contributed by atoms with Crippen LogP contribution >= 0.6 is 11.3 Å². The summed E-state index contributed by atoms with van der Waals surface area (Å²) in [5.74, 6) is 0. The number of rotatable bonds is 4. The first-order chi connectivity index (χ1) is 9.66. The van der Waals surface area contributed by atoms with Crippen molar-refractivity contribution in [3.63, 3.8) is 0 Å². The zero-order valence-electron chi connectivity index (χ0n) is 10.9. The van der Waals surface area contributed by atoms with E-state index in [1.807, 2.05) is 35.3 Å². The van der Waals surface area contributed by atoms with E-state index < -0.39 is 0 Å². The van der Waals surface area contributed by atoms with Gasteiger partial charge in [-0.05, 0) is 13.0 Å². The zero-order valence-corrected chi connectivity index (χ0v) is 11.8. The van der Waals surface area contributed by atoms with Crippen molar-refractivity contribution in [3.05, 3.63) is 56.7 Å². The minimum Gasteiger partial charge on any atom is -0.342 e. The van der Waals surface area contributed by atoms with Gasteiger partial charge in [0.1, 0.15) is 5.52 Å². The predicted molar refractivity (Wildman–Crippen MR) is 79.1 cm³/mol. The molecule has 0 radical (unpaired) electrons. The van der Waals surface area contributed by atoms with Crippen LogP contribution < -0.4 is 0 Å². The van der Waals surface area contributed by atoms with Crippen LogP contribution in [0.2, 0.25) is 0 Å². The normalized spacial score (nSPS) is 11.1. The molecule has 0 bridgehead atoms. The van der Waals surface area contributed by atoms with E-state index in [2.05, 4.69) is 4.98 Å². The van der Waals surface area contributed by atoms with Gasteiger partial charge in [0.25, 0.3) is 5.69 Å². The number of hydrogen-bond donors (Lipinski definition) is 0. The lowest BCUT2D eigenvalue weighted by molar-refractivity contribution is -0.383. The highest BCUT2D eigenvalue weighted by Crippen LogP contribution is 2.27. The molecule has 1 aromatic carbocycles. The third-order valence-electron chi connectivity index (χ3n) is 3.39. The SMILES string of the molecule is Cc1ncsc1CCn1ccc2cccc([N+](=O)[O-])c21. The summed E-state index contributed by atoms with van der Waals surface area (Å²) in [4.78, 5) is 16.3. The second-order valence-corrected chi connectivity index (χ2v) is 5.53. The number of fused-ring (bicyclic) bond motifs is 1. The van der Waals surface area contributed by atoms with Gasteiger partial charge in [-0.25, -0.2) is 4.98 Å². The zero-order chi connectivity index (χ0) is 14.1. The van der Waals surface area contributed by atoms with Gasteiger partial charge in [0.15, 0.2) is 0 Å². The molecule has 0 aliphatic carbocycles. The van der Waals surface area contributed by atoms with E-state index in [-0.39, 0.29) is 10.6 Å². The Labute approximate surface area is 119 Å². The van der Waals surface area contributed by atoms with Crippen LogP contribution in [0.25, 0.3) is 10.9 Å². The van der Waals surface area contributed by atoms with Crippen molar-refractivity contribution >= 4 is 27.9 Å². The first kappa shape index (κ1) is 12.8. The lowest BCUT2D eigenvalue weighted by atomic mass is 10.2. The molecule has 102 valence electrons. The van der Waals surface area contributed by atoms with E-state index in [0.29, 0.717) is 5.52 Å². The molecule has 3 aromatic rings.